The molecule has 0 aliphatic heterocycles. The minimum Gasteiger partial charge on any atom is -0.207 e. The monoisotopic (exact) mass is 331 g/mol. The maximum absolute atomic E-state index is 13.7. The Balaban J connectivity index is 2.33. The highest BCUT2D eigenvalue weighted by molar-refractivity contribution is 7.89. The molecule has 0 spiro atoms. The third-order valence-corrected chi connectivity index (χ3v) is 5.10. The van der Waals surface area contributed by atoms with Crippen molar-refractivity contribution in [1.29, 1.82) is 0 Å². The van der Waals surface area contributed by atoms with Crippen LogP contribution in [0.2, 0.25) is 5.02 Å². The fourth-order valence-electron chi connectivity index (χ4n) is 1.80. The number of rotatable bonds is 4. The van der Waals surface area contributed by atoms with E-state index < -0.39 is 21.7 Å². The van der Waals surface area contributed by atoms with Crippen LogP contribution in [0.1, 0.15) is 5.56 Å². The van der Waals surface area contributed by atoms with Crippen LogP contribution in [-0.2, 0) is 16.6 Å². The second-order valence-corrected chi connectivity index (χ2v) is 6.87. The topological polar surface area (TPSA) is 37.4 Å². The Kier molecular flexibility index (Phi) is 4.61. The summed E-state index contributed by atoms with van der Waals surface area (Å²) >= 11 is 5.87. The van der Waals surface area contributed by atoms with E-state index in [4.69, 9.17) is 11.6 Å². The predicted octanol–water partition coefficient (Wildman–Crippen LogP) is 3.44. The summed E-state index contributed by atoms with van der Waals surface area (Å²) in [7, 11) is -2.64. The average Bonchev–Trinajstić information content (AvgIpc) is 2.42. The molecule has 112 valence electrons. The molecule has 21 heavy (non-hydrogen) atoms. The van der Waals surface area contributed by atoms with E-state index in [2.05, 4.69) is 0 Å². The molecule has 0 N–H and O–H groups in total. The first-order valence-electron chi connectivity index (χ1n) is 5.97. The second-order valence-electron chi connectivity index (χ2n) is 4.42. The third-order valence-electron chi connectivity index (χ3n) is 2.95. The van der Waals surface area contributed by atoms with E-state index in [1.54, 1.807) is 0 Å². The van der Waals surface area contributed by atoms with E-state index in [9.17, 15) is 17.2 Å². The van der Waals surface area contributed by atoms with Gasteiger partial charge in [-0.2, -0.15) is 4.31 Å². The Hall–Kier alpha value is -1.50. The van der Waals surface area contributed by atoms with E-state index in [1.807, 2.05) is 0 Å². The molecular weight excluding hydrogens is 320 g/mol. The van der Waals surface area contributed by atoms with Gasteiger partial charge in [-0.05, 0) is 30.3 Å². The highest BCUT2D eigenvalue weighted by atomic mass is 35.5. The lowest BCUT2D eigenvalue weighted by atomic mass is 10.2. The fourth-order valence-corrected chi connectivity index (χ4v) is 3.19. The number of nitrogens with zero attached hydrogens (tertiary/aromatic N) is 1. The molecule has 0 saturated heterocycles. The number of benzene rings is 2. The average molecular weight is 332 g/mol. The van der Waals surface area contributed by atoms with Crippen LogP contribution in [0.5, 0.6) is 0 Å². The third kappa shape index (κ3) is 3.40. The van der Waals surface area contributed by atoms with Crippen LogP contribution in [0.25, 0.3) is 0 Å². The van der Waals surface area contributed by atoms with Gasteiger partial charge in [-0.3, -0.25) is 0 Å². The molecule has 0 amide bonds. The Bertz CT molecular complexity index is 745. The van der Waals surface area contributed by atoms with Crippen molar-refractivity contribution in [3.05, 3.63) is 64.7 Å². The summed E-state index contributed by atoms with van der Waals surface area (Å²) in [6.07, 6.45) is 0. The van der Waals surface area contributed by atoms with Gasteiger partial charge in [-0.25, -0.2) is 17.2 Å². The summed E-state index contributed by atoms with van der Waals surface area (Å²) in [6, 6.07) is 8.74. The lowest BCUT2D eigenvalue weighted by Gasteiger charge is -2.18. The molecule has 0 saturated carbocycles. The van der Waals surface area contributed by atoms with Gasteiger partial charge in [0, 0.05) is 24.2 Å². The van der Waals surface area contributed by atoms with Crippen LogP contribution in [0.4, 0.5) is 8.78 Å². The minimum absolute atomic E-state index is 0.0710. The molecule has 0 unspecified atom stereocenters. The molecule has 0 bridgehead atoms. The fraction of sp³-hybridized carbons (Fsp3) is 0.143. The molecule has 0 heterocycles. The zero-order valence-corrected chi connectivity index (χ0v) is 12.6. The molecule has 0 atom stereocenters. The molecule has 0 aliphatic rings. The van der Waals surface area contributed by atoms with Crippen LogP contribution in [-0.4, -0.2) is 19.8 Å². The van der Waals surface area contributed by atoms with Crippen LogP contribution >= 0.6 is 11.6 Å². The van der Waals surface area contributed by atoms with E-state index in [-0.39, 0.29) is 22.0 Å². The van der Waals surface area contributed by atoms with Gasteiger partial charge in [0.05, 0.1) is 4.90 Å². The Morgan fingerprint density at radius 3 is 2.43 bits per heavy atom. The van der Waals surface area contributed by atoms with Crippen molar-refractivity contribution in [2.24, 2.45) is 0 Å². The van der Waals surface area contributed by atoms with Gasteiger partial charge >= 0.3 is 0 Å². The van der Waals surface area contributed by atoms with Crippen molar-refractivity contribution < 1.29 is 17.2 Å². The van der Waals surface area contributed by atoms with Gasteiger partial charge in [0.25, 0.3) is 0 Å². The first kappa shape index (κ1) is 15.9. The highest BCUT2D eigenvalue weighted by Gasteiger charge is 2.23. The van der Waals surface area contributed by atoms with Gasteiger partial charge in [0.2, 0.25) is 10.0 Å². The minimum atomic E-state index is -3.93. The number of hydrogen-bond donors (Lipinski definition) is 0. The SMILES string of the molecule is CN(Cc1c(F)cccc1Cl)S(=O)(=O)c1cccc(F)c1. The van der Waals surface area contributed by atoms with Crippen LogP contribution in [0.3, 0.4) is 0 Å². The summed E-state index contributed by atoms with van der Waals surface area (Å²) in [4.78, 5) is -0.197. The summed E-state index contributed by atoms with van der Waals surface area (Å²) < 4.78 is 52.4. The van der Waals surface area contributed by atoms with Crippen molar-refractivity contribution in [3.8, 4) is 0 Å². The second kappa shape index (κ2) is 6.09. The van der Waals surface area contributed by atoms with Crippen LogP contribution in [0.15, 0.2) is 47.4 Å². The molecule has 7 heteroatoms. The Morgan fingerprint density at radius 2 is 1.81 bits per heavy atom. The first-order chi connectivity index (χ1) is 9.82. The van der Waals surface area contributed by atoms with Crippen LogP contribution in [0, 0.1) is 11.6 Å². The van der Waals surface area contributed by atoms with Crippen molar-refractivity contribution in [1.82, 2.24) is 4.31 Å². The zero-order valence-electron chi connectivity index (χ0n) is 11.1. The summed E-state index contributed by atoms with van der Waals surface area (Å²) in [6.45, 7) is -0.246. The lowest BCUT2D eigenvalue weighted by Crippen LogP contribution is -2.27. The predicted molar refractivity (Wildman–Crippen MR) is 76.5 cm³/mol. The van der Waals surface area contributed by atoms with Gasteiger partial charge in [0.15, 0.2) is 0 Å². The normalized spacial score (nSPS) is 11.9. The molecule has 2 aromatic rings. The van der Waals surface area contributed by atoms with Crippen LogP contribution < -0.4 is 0 Å². The molecule has 0 radical (unpaired) electrons. The van der Waals surface area contributed by atoms with Gasteiger partial charge in [-0.15, -0.1) is 0 Å². The maximum Gasteiger partial charge on any atom is 0.243 e. The molecule has 2 aromatic carbocycles. The summed E-state index contributed by atoms with van der Waals surface area (Å²) in [5, 5.41) is 0.135. The standard InChI is InChI=1S/C14H12ClF2NO2S/c1-18(9-12-13(15)6-3-7-14(12)17)21(19,20)11-5-2-4-10(16)8-11/h2-8H,9H2,1H3. The zero-order chi connectivity index (χ0) is 15.6. The van der Waals surface area contributed by atoms with Crippen molar-refractivity contribution in [2.75, 3.05) is 7.05 Å². The lowest BCUT2D eigenvalue weighted by molar-refractivity contribution is 0.456. The molecule has 0 fully saturated rings. The van der Waals surface area contributed by atoms with Crippen molar-refractivity contribution >= 4 is 21.6 Å². The van der Waals surface area contributed by atoms with E-state index in [1.165, 1.54) is 37.4 Å². The highest BCUT2D eigenvalue weighted by Crippen LogP contribution is 2.23. The van der Waals surface area contributed by atoms with Gasteiger partial charge in [-0.1, -0.05) is 23.7 Å². The molecule has 2 rings (SSSR count). The van der Waals surface area contributed by atoms with E-state index in [0.29, 0.717) is 0 Å². The van der Waals surface area contributed by atoms with Gasteiger partial charge in [0.1, 0.15) is 11.6 Å². The molecule has 0 aromatic heterocycles. The van der Waals surface area contributed by atoms with E-state index in [0.717, 1.165) is 16.4 Å². The van der Waals surface area contributed by atoms with E-state index >= 15 is 0 Å². The largest absolute Gasteiger partial charge is 0.243 e. The molecule has 0 aliphatic carbocycles. The maximum atomic E-state index is 13.7. The molecule has 3 nitrogen and oxygen atoms in total. The van der Waals surface area contributed by atoms with Gasteiger partial charge < -0.3 is 0 Å². The smallest absolute Gasteiger partial charge is 0.207 e. The number of halogens is 3. The number of sulfonamides is 1. The quantitative estimate of drug-likeness (QED) is 0.860. The molecular formula is C14H12ClF2NO2S. The van der Waals surface area contributed by atoms with Crippen molar-refractivity contribution in [2.45, 2.75) is 11.4 Å². The first-order valence-corrected chi connectivity index (χ1v) is 7.79. The summed E-state index contributed by atoms with van der Waals surface area (Å²) in [5.41, 5.74) is 0.0710. The Morgan fingerprint density at radius 1 is 1.14 bits per heavy atom. The van der Waals surface area contributed by atoms with Crippen molar-refractivity contribution in [3.63, 3.8) is 0 Å². The number of hydrogen-bond acceptors (Lipinski definition) is 2. The summed E-state index contributed by atoms with van der Waals surface area (Å²) in [5.74, 6) is -1.25. The Labute approximate surface area is 126 Å².